The number of aromatic nitrogens is 5. The van der Waals surface area contributed by atoms with Gasteiger partial charge in [0.15, 0.2) is 15.7 Å². The van der Waals surface area contributed by atoms with Crippen molar-refractivity contribution in [3.05, 3.63) is 23.1 Å². The molecule has 2 heterocycles. The van der Waals surface area contributed by atoms with Gasteiger partial charge in [0.25, 0.3) is 6.43 Å². The third-order valence-electron chi connectivity index (χ3n) is 2.43. The third-order valence-corrected chi connectivity index (χ3v) is 3.84. The van der Waals surface area contributed by atoms with Crippen LogP contribution in [0.2, 0.25) is 0 Å². The molecular formula is C9H11F2N5O3S. The van der Waals surface area contributed by atoms with Gasteiger partial charge in [-0.1, -0.05) is 10.4 Å². The van der Waals surface area contributed by atoms with Gasteiger partial charge in [-0.2, -0.15) is 4.98 Å². The minimum atomic E-state index is -3.75. The van der Waals surface area contributed by atoms with Gasteiger partial charge >= 0.3 is 0 Å². The van der Waals surface area contributed by atoms with Gasteiger partial charge in [-0.05, 0) is 0 Å². The fourth-order valence-electron chi connectivity index (χ4n) is 1.63. The summed E-state index contributed by atoms with van der Waals surface area (Å²) in [5.41, 5.74) is -0.791. The largest absolute Gasteiger partial charge is 0.340 e. The minimum absolute atomic E-state index is 0.0232. The van der Waals surface area contributed by atoms with Crippen LogP contribution in [0.3, 0.4) is 0 Å². The molecule has 0 N–H and O–H groups in total. The Kier molecular flexibility index (Phi) is 3.79. The van der Waals surface area contributed by atoms with Gasteiger partial charge in [0.05, 0.1) is 5.75 Å². The number of alkyl halides is 2. The average Bonchev–Trinajstić information content (AvgIpc) is 2.84. The van der Waals surface area contributed by atoms with E-state index in [1.54, 1.807) is 0 Å². The standard InChI is InChI=1S/C9H11F2N5O3S/c1-5-12-7(14-19-5)4-20(17,18)3-6-8(9(10)11)16(2)15-13-6/h9H,3-4H2,1-2H3. The van der Waals surface area contributed by atoms with Crippen LogP contribution in [-0.4, -0.2) is 33.6 Å². The van der Waals surface area contributed by atoms with Crippen molar-refractivity contribution in [1.29, 1.82) is 0 Å². The molecule has 0 aliphatic carbocycles. The van der Waals surface area contributed by atoms with Crippen molar-refractivity contribution in [2.24, 2.45) is 7.05 Å². The summed E-state index contributed by atoms with van der Waals surface area (Å²) < 4.78 is 54.9. The summed E-state index contributed by atoms with van der Waals surface area (Å²) in [6, 6.07) is 0. The predicted molar refractivity (Wildman–Crippen MR) is 61.3 cm³/mol. The number of rotatable bonds is 5. The van der Waals surface area contributed by atoms with Crippen molar-refractivity contribution >= 4 is 9.84 Å². The molecule has 0 amide bonds. The van der Waals surface area contributed by atoms with E-state index in [4.69, 9.17) is 0 Å². The number of nitrogens with zero attached hydrogens (tertiary/aromatic N) is 5. The van der Waals surface area contributed by atoms with Gasteiger partial charge in [-0.3, -0.25) is 0 Å². The number of sulfone groups is 1. The summed E-state index contributed by atoms with van der Waals surface area (Å²) >= 11 is 0. The van der Waals surface area contributed by atoms with E-state index in [0.29, 0.717) is 0 Å². The quantitative estimate of drug-likeness (QED) is 0.794. The first-order valence-corrected chi connectivity index (χ1v) is 7.27. The Morgan fingerprint density at radius 1 is 1.35 bits per heavy atom. The van der Waals surface area contributed by atoms with Crippen LogP contribution in [0.5, 0.6) is 0 Å². The molecule has 8 nitrogen and oxygen atoms in total. The predicted octanol–water partition coefficient (Wildman–Crippen LogP) is 0.559. The second kappa shape index (κ2) is 5.23. The van der Waals surface area contributed by atoms with Gasteiger partial charge in [-0.15, -0.1) is 5.10 Å². The van der Waals surface area contributed by atoms with E-state index in [0.717, 1.165) is 4.68 Å². The van der Waals surface area contributed by atoms with Gasteiger partial charge in [0.1, 0.15) is 17.1 Å². The van der Waals surface area contributed by atoms with Crippen LogP contribution in [0, 0.1) is 6.92 Å². The Balaban J connectivity index is 2.20. The molecule has 0 aliphatic heterocycles. The van der Waals surface area contributed by atoms with E-state index in [2.05, 4.69) is 25.0 Å². The summed E-state index contributed by atoms with van der Waals surface area (Å²) in [7, 11) is -2.48. The summed E-state index contributed by atoms with van der Waals surface area (Å²) in [5.74, 6) is -0.967. The summed E-state index contributed by atoms with van der Waals surface area (Å²) in [6.45, 7) is 1.51. The molecular weight excluding hydrogens is 296 g/mol. The molecule has 2 aromatic heterocycles. The van der Waals surface area contributed by atoms with E-state index < -0.39 is 33.5 Å². The highest BCUT2D eigenvalue weighted by atomic mass is 32.2. The molecule has 0 aliphatic rings. The lowest BCUT2D eigenvalue weighted by molar-refractivity contribution is 0.140. The Morgan fingerprint density at radius 3 is 2.60 bits per heavy atom. The lowest BCUT2D eigenvalue weighted by Crippen LogP contribution is -2.11. The van der Waals surface area contributed by atoms with Crippen molar-refractivity contribution in [3.63, 3.8) is 0 Å². The second-order valence-electron chi connectivity index (χ2n) is 4.11. The first kappa shape index (κ1) is 14.5. The van der Waals surface area contributed by atoms with Crippen LogP contribution in [0.15, 0.2) is 4.52 Å². The number of halogens is 2. The molecule has 0 unspecified atom stereocenters. The SMILES string of the molecule is Cc1nc(CS(=O)(=O)Cc2nnn(C)c2C(F)F)no1. The van der Waals surface area contributed by atoms with Crippen LogP contribution < -0.4 is 0 Å². The zero-order valence-corrected chi connectivity index (χ0v) is 11.4. The maximum atomic E-state index is 12.8. The lowest BCUT2D eigenvalue weighted by atomic mass is 10.3. The van der Waals surface area contributed by atoms with E-state index in [9.17, 15) is 17.2 Å². The van der Waals surface area contributed by atoms with Crippen LogP contribution >= 0.6 is 0 Å². The Labute approximate surface area is 112 Å². The van der Waals surface area contributed by atoms with Crippen LogP contribution in [-0.2, 0) is 28.4 Å². The smallest absolute Gasteiger partial charge is 0.281 e. The van der Waals surface area contributed by atoms with Crippen molar-refractivity contribution in [3.8, 4) is 0 Å². The summed E-state index contributed by atoms with van der Waals surface area (Å²) in [5, 5.41) is 10.3. The average molecular weight is 307 g/mol. The summed E-state index contributed by atoms with van der Waals surface area (Å²) in [6.07, 6.45) is -2.85. The molecule has 0 saturated carbocycles. The molecule has 0 aromatic carbocycles. The fraction of sp³-hybridized carbons (Fsp3) is 0.556. The van der Waals surface area contributed by atoms with E-state index in [1.165, 1.54) is 14.0 Å². The Bertz CT molecular complexity index is 709. The number of hydrogen-bond acceptors (Lipinski definition) is 7. The molecule has 110 valence electrons. The zero-order valence-electron chi connectivity index (χ0n) is 10.6. The maximum absolute atomic E-state index is 12.8. The molecule has 0 bridgehead atoms. The molecule has 2 aromatic rings. The first-order chi connectivity index (χ1) is 9.28. The molecule has 0 radical (unpaired) electrons. The second-order valence-corrected chi connectivity index (χ2v) is 6.17. The molecule has 0 saturated heterocycles. The molecule has 0 atom stereocenters. The van der Waals surface area contributed by atoms with Crippen molar-refractivity contribution < 1.29 is 21.7 Å². The fourth-order valence-corrected chi connectivity index (χ4v) is 2.87. The normalized spacial score (nSPS) is 12.2. The Hall–Kier alpha value is -1.91. The topological polar surface area (TPSA) is 104 Å². The molecule has 0 spiro atoms. The highest BCUT2D eigenvalue weighted by Gasteiger charge is 2.25. The summed E-state index contributed by atoms with van der Waals surface area (Å²) in [4.78, 5) is 3.75. The van der Waals surface area contributed by atoms with Crippen molar-refractivity contribution in [2.45, 2.75) is 24.9 Å². The van der Waals surface area contributed by atoms with E-state index in [-0.39, 0.29) is 17.4 Å². The van der Waals surface area contributed by atoms with Crippen molar-refractivity contribution in [2.75, 3.05) is 0 Å². The number of aryl methyl sites for hydroxylation is 2. The van der Waals surface area contributed by atoms with Crippen molar-refractivity contribution in [1.82, 2.24) is 25.1 Å². The molecule has 11 heteroatoms. The molecule has 20 heavy (non-hydrogen) atoms. The van der Waals surface area contributed by atoms with Crippen LogP contribution in [0.25, 0.3) is 0 Å². The zero-order chi connectivity index (χ0) is 14.9. The highest BCUT2D eigenvalue weighted by molar-refractivity contribution is 7.89. The first-order valence-electron chi connectivity index (χ1n) is 5.44. The van der Waals surface area contributed by atoms with Gasteiger partial charge in [0.2, 0.25) is 5.89 Å². The monoisotopic (exact) mass is 307 g/mol. The van der Waals surface area contributed by atoms with Gasteiger partial charge < -0.3 is 4.52 Å². The Morgan fingerprint density at radius 2 is 2.05 bits per heavy atom. The number of hydrogen-bond donors (Lipinski definition) is 0. The van der Waals surface area contributed by atoms with Crippen LogP contribution in [0.4, 0.5) is 8.78 Å². The lowest BCUT2D eigenvalue weighted by Gasteiger charge is -2.03. The van der Waals surface area contributed by atoms with Gasteiger partial charge in [0, 0.05) is 14.0 Å². The minimum Gasteiger partial charge on any atom is -0.340 e. The molecule has 0 fully saturated rings. The highest BCUT2D eigenvalue weighted by Crippen LogP contribution is 2.22. The van der Waals surface area contributed by atoms with Gasteiger partial charge in [-0.25, -0.2) is 21.9 Å². The van der Waals surface area contributed by atoms with E-state index >= 15 is 0 Å². The van der Waals surface area contributed by atoms with Crippen LogP contribution in [0.1, 0.15) is 29.5 Å². The van der Waals surface area contributed by atoms with E-state index in [1.807, 2.05) is 0 Å². The molecule has 2 rings (SSSR count). The third kappa shape index (κ3) is 3.15. The maximum Gasteiger partial charge on any atom is 0.281 e.